The summed E-state index contributed by atoms with van der Waals surface area (Å²) in [5, 5.41) is 14.3. The van der Waals surface area contributed by atoms with Crippen molar-refractivity contribution in [3.63, 3.8) is 0 Å². The maximum atomic E-state index is 13.2. The van der Waals surface area contributed by atoms with Crippen LogP contribution in [-0.2, 0) is 6.61 Å². The summed E-state index contributed by atoms with van der Waals surface area (Å²) in [6, 6.07) is 17.2. The highest BCUT2D eigenvalue weighted by Gasteiger charge is 2.16. The van der Waals surface area contributed by atoms with E-state index in [1.54, 1.807) is 36.4 Å². The molecule has 0 bridgehead atoms. The summed E-state index contributed by atoms with van der Waals surface area (Å²) in [6.07, 6.45) is 1.51. The molecule has 1 aromatic heterocycles. The molecular weight excluding hydrogens is 389 g/mol. The van der Waals surface area contributed by atoms with Gasteiger partial charge in [-0.25, -0.2) is 4.39 Å². The van der Waals surface area contributed by atoms with Crippen LogP contribution < -0.4 is 10.1 Å². The summed E-state index contributed by atoms with van der Waals surface area (Å²) in [5.41, 5.74) is 2.16. The van der Waals surface area contributed by atoms with Gasteiger partial charge in [0.1, 0.15) is 18.2 Å². The van der Waals surface area contributed by atoms with Gasteiger partial charge in [0.15, 0.2) is 0 Å². The van der Waals surface area contributed by atoms with Crippen LogP contribution in [0.5, 0.6) is 5.75 Å². The van der Waals surface area contributed by atoms with Crippen molar-refractivity contribution in [3.8, 4) is 5.75 Å². The van der Waals surface area contributed by atoms with E-state index in [2.05, 4.69) is 10.3 Å². The molecule has 4 rings (SSSR count). The molecule has 0 fully saturated rings. The molecule has 0 aliphatic heterocycles. The first-order chi connectivity index (χ1) is 14.5. The number of hydrogen-bond donors (Lipinski definition) is 2. The van der Waals surface area contributed by atoms with Crippen molar-refractivity contribution in [3.05, 3.63) is 100.0 Å². The van der Waals surface area contributed by atoms with E-state index < -0.39 is 10.8 Å². The predicted octanol–water partition coefficient (Wildman–Crippen LogP) is 5.05. The summed E-state index contributed by atoms with van der Waals surface area (Å²) in [5.74, 6) is -0.373. The fourth-order valence-electron chi connectivity index (χ4n) is 3.07. The highest BCUT2D eigenvalue weighted by atomic mass is 19.1. The molecule has 150 valence electrons. The molecule has 1 amide bonds. The molecule has 0 saturated carbocycles. The first kappa shape index (κ1) is 19.1. The average Bonchev–Trinajstić information content (AvgIpc) is 3.16. The second kappa shape index (κ2) is 8.04. The van der Waals surface area contributed by atoms with Crippen molar-refractivity contribution < 1.29 is 18.8 Å². The molecule has 8 heteroatoms. The lowest BCUT2D eigenvalue weighted by Crippen LogP contribution is -2.11. The highest BCUT2D eigenvalue weighted by molar-refractivity contribution is 6.13. The van der Waals surface area contributed by atoms with Crippen LogP contribution in [0, 0.1) is 15.9 Å². The van der Waals surface area contributed by atoms with Crippen molar-refractivity contribution in [2.75, 3.05) is 5.32 Å². The third-order valence-electron chi connectivity index (χ3n) is 4.51. The summed E-state index contributed by atoms with van der Waals surface area (Å²) >= 11 is 0. The Balaban J connectivity index is 1.50. The van der Waals surface area contributed by atoms with Crippen LogP contribution in [0.4, 0.5) is 15.8 Å². The largest absolute Gasteiger partial charge is 0.489 e. The number of carbonyl (C=O) groups is 1. The number of H-pyrrole nitrogens is 1. The molecule has 3 aromatic carbocycles. The molecule has 30 heavy (non-hydrogen) atoms. The second-order valence-electron chi connectivity index (χ2n) is 6.59. The van der Waals surface area contributed by atoms with Gasteiger partial charge in [0.25, 0.3) is 11.6 Å². The Morgan fingerprint density at radius 1 is 1.10 bits per heavy atom. The number of anilines is 1. The van der Waals surface area contributed by atoms with E-state index in [1.807, 2.05) is 6.07 Å². The van der Waals surface area contributed by atoms with E-state index in [0.717, 1.165) is 5.56 Å². The van der Waals surface area contributed by atoms with Gasteiger partial charge < -0.3 is 15.0 Å². The Morgan fingerprint density at radius 3 is 2.73 bits per heavy atom. The maximum Gasteiger partial charge on any atom is 0.270 e. The molecule has 0 atom stereocenters. The molecule has 1 heterocycles. The van der Waals surface area contributed by atoms with Gasteiger partial charge in [-0.15, -0.1) is 0 Å². The number of non-ortho nitro benzene ring substituents is 1. The highest BCUT2D eigenvalue weighted by Crippen LogP contribution is 2.25. The first-order valence-electron chi connectivity index (χ1n) is 9.04. The van der Waals surface area contributed by atoms with Gasteiger partial charge >= 0.3 is 0 Å². The number of halogens is 1. The number of amides is 1. The van der Waals surface area contributed by atoms with E-state index >= 15 is 0 Å². The lowest BCUT2D eigenvalue weighted by molar-refractivity contribution is -0.384. The van der Waals surface area contributed by atoms with Crippen LogP contribution >= 0.6 is 0 Å². The number of nitro groups is 1. The Bertz CT molecular complexity index is 1250. The van der Waals surface area contributed by atoms with Crippen LogP contribution in [0.25, 0.3) is 10.9 Å². The SMILES string of the molecule is O=C(Nc1cccc(COc2cccc(F)c2)c1)c1c[nH]c2ccc([N+](=O)[O-])cc12. The zero-order valence-corrected chi connectivity index (χ0v) is 15.6. The van der Waals surface area contributed by atoms with Crippen LogP contribution in [0.3, 0.4) is 0 Å². The summed E-state index contributed by atoms with van der Waals surface area (Å²) in [7, 11) is 0. The van der Waals surface area contributed by atoms with Gasteiger partial charge in [-0.1, -0.05) is 18.2 Å². The number of carbonyl (C=O) groups excluding carboxylic acids is 1. The number of nitrogens with zero attached hydrogens (tertiary/aromatic N) is 1. The second-order valence-corrected chi connectivity index (χ2v) is 6.59. The quantitative estimate of drug-likeness (QED) is 0.347. The summed E-state index contributed by atoms with van der Waals surface area (Å²) < 4.78 is 18.8. The lowest BCUT2D eigenvalue weighted by Gasteiger charge is -2.09. The number of ether oxygens (including phenoxy) is 1. The van der Waals surface area contributed by atoms with Gasteiger partial charge in [-0.05, 0) is 35.9 Å². The minimum absolute atomic E-state index is 0.0901. The van der Waals surface area contributed by atoms with E-state index in [4.69, 9.17) is 4.74 Å². The number of aromatic amines is 1. The number of hydrogen-bond acceptors (Lipinski definition) is 4. The van der Waals surface area contributed by atoms with Gasteiger partial charge in [-0.3, -0.25) is 14.9 Å². The number of nitro benzene ring substituents is 1. The number of nitrogens with one attached hydrogen (secondary N) is 2. The fraction of sp³-hybridized carbons (Fsp3) is 0.0455. The standard InChI is InChI=1S/C22H16FN3O4/c23-15-4-2-6-18(10-15)30-13-14-3-1-5-16(9-14)25-22(27)20-12-24-21-8-7-17(26(28)29)11-19(20)21/h1-12,24H,13H2,(H,25,27). The Labute approximate surface area is 170 Å². The Kier molecular flexibility index (Phi) is 5.13. The molecule has 0 aliphatic rings. The van der Waals surface area contributed by atoms with E-state index in [9.17, 15) is 19.3 Å². The van der Waals surface area contributed by atoms with E-state index in [1.165, 1.54) is 30.5 Å². The lowest BCUT2D eigenvalue weighted by atomic mass is 10.1. The Morgan fingerprint density at radius 2 is 1.93 bits per heavy atom. The fourth-order valence-corrected chi connectivity index (χ4v) is 3.07. The number of aromatic nitrogens is 1. The van der Waals surface area contributed by atoms with Gasteiger partial charge in [-0.2, -0.15) is 0 Å². The molecule has 0 aliphatic carbocycles. The molecule has 7 nitrogen and oxygen atoms in total. The number of benzene rings is 3. The zero-order valence-electron chi connectivity index (χ0n) is 15.6. The zero-order chi connectivity index (χ0) is 21.1. The molecule has 4 aromatic rings. The third kappa shape index (κ3) is 4.12. The van der Waals surface area contributed by atoms with Gasteiger partial charge in [0.2, 0.25) is 0 Å². The number of rotatable bonds is 6. The maximum absolute atomic E-state index is 13.2. The summed E-state index contributed by atoms with van der Waals surface area (Å²) in [6.45, 7) is 0.201. The van der Waals surface area contributed by atoms with Crippen molar-refractivity contribution in [1.82, 2.24) is 4.98 Å². The molecule has 2 N–H and O–H groups in total. The summed E-state index contributed by atoms with van der Waals surface area (Å²) in [4.78, 5) is 26.2. The Hall–Kier alpha value is -4.20. The molecule has 0 radical (unpaired) electrons. The topological polar surface area (TPSA) is 97.3 Å². The van der Waals surface area contributed by atoms with Crippen molar-refractivity contribution in [2.24, 2.45) is 0 Å². The molecule has 0 unspecified atom stereocenters. The third-order valence-corrected chi connectivity index (χ3v) is 4.51. The van der Waals surface area contributed by atoms with Crippen LogP contribution in [0.1, 0.15) is 15.9 Å². The van der Waals surface area contributed by atoms with Gasteiger partial charge in [0.05, 0.1) is 10.5 Å². The van der Waals surface area contributed by atoms with E-state index in [-0.39, 0.29) is 18.1 Å². The molecular formula is C22H16FN3O4. The first-order valence-corrected chi connectivity index (χ1v) is 9.04. The number of fused-ring (bicyclic) bond motifs is 1. The van der Waals surface area contributed by atoms with Crippen LogP contribution in [0.2, 0.25) is 0 Å². The minimum atomic E-state index is -0.504. The van der Waals surface area contributed by atoms with Crippen LogP contribution in [-0.4, -0.2) is 15.8 Å². The van der Waals surface area contributed by atoms with Crippen molar-refractivity contribution >= 4 is 28.2 Å². The average molecular weight is 405 g/mol. The van der Waals surface area contributed by atoms with E-state index in [0.29, 0.717) is 27.9 Å². The minimum Gasteiger partial charge on any atom is -0.489 e. The van der Waals surface area contributed by atoms with Crippen molar-refractivity contribution in [1.29, 1.82) is 0 Å². The van der Waals surface area contributed by atoms with Crippen LogP contribution in [0.15, 0.2) is 72.9 Å². The van der Waals surface area contributed by atoms with Gasteiger partial charge in [0, 0.05) is 41.0 Å². The molecule has 0 spiro atoms. The monoisotopic (exact) mass is 405 g/mol. The smallest absolute Gasteiger partial charge is 0.270 e. The van der Waals surface area contributed by atoms with Crippen molar-refractivity contribution in [2.45, 2.75) is 6.61 Å². The predicted molar refractivity (Wildman–Crippen MR) is 110 cm³/mol. The normalized spacial score (nSPS) is 10.7. The molecule has 0 saturated heterocycles.